The topological polar surface area (TPSA) is 227 Å². The molecule has 3 aliphatic rings. The lowest BCUT2D eigenvalue weighted by Gasteiger charge is -2.27. The van der Waals surface area contributed by atoms with Crippen LogP contribution in [0, 0.1) is 50.8 Å². The predicted molar refractivity (Wildman–Crippen MR) is 340 cm³/mol. The zero-order valence-electron chi connectivity index (χ0n) is 55.1. The fourth-order valence-corrected chi connectivity index (χ4v) is 11.1. The summed E-state index contributed by atoms with van der Waals surface area (Å²) in [6, 6.07) is 45.4. The Balaban J connectivity index is 0.000000212. The number of hydrogen-bond acceptors (Lipinski definition) is 16. The van der Waals surface area contributed by atoms with Crippen molar-refractivity contribution in [2.75, 3.05) is 0 Å². The summed E-state index contributed by atoms with van der Waals surface area (Å²) in [6.07, 6.45) is 1.80. The SMILES string of the molecule is CCC(C)(C)C(=O)OC1C2CC3C(=O)OC1C3O2.CCC(C)(C)C(=O)Oc1c(F)c(F)c(S(=O)(=O)[O-])c(F)c1F.CCC(C)(C)C(=O)Oc1ccc(O)cc1.CCC(C)(C)C(=O)Oc1ccc(OC(C)(C)C)cc1.c1ccc([S+](c2ccccc2)c2ccccc2)cc1. The van der Waals surface area contributed by atoms with E-state index in [0.29, 0.717) is 24.3 Å². The minimum absolute atomic E-state index is 0.0146. The number of esters is 5. The molecule has 5 unspecified atom stereocenters. The number of hydrogen-bond donors (Lipinski definition) is 1. The Morgan fingerprint density at radius 2 is 0.882 bits per heavy atom. The maximum absolute atomic E-state index is 13.6. The minimum atomic E-state index is -5.81. The Kier molecular flexibility index (Phi) is 26.0. The molecule has 3 heterocycles. The van der Waals surface area contributed by atoms with Crippen molar-refractivity contribution < 1.29 is 92.8 Å². The molecule has 3 fully saturated rings. The molecule has 93 heavy (non-hydrogen) atoms. The van der Waals surface area contributed by atoms with Crippen molar-refractivity contribution in [2.45, 2.75) is 186 Å². The van der Waals surface area contributed by atoms with Crippen LogP contribution in [0.25, 0.3) is 0 Å². The summed E-state index contributed by atoms with van der Waals surface area (Å²) in [7, 11) is -5.82. The van der Waals surface area contributed by atoms with Crippen molar-refractivity contribution in [3.05, 3.63) is 163 Å². The van der Waals surface area contributed by atoms with Crippen molar-refractivity contribution in [3.63, 3.8) is 0 Å². The Morgan fingerprint density at radius 1 is 0.527 bits per heavy atom. The number of aromatic hydroxyl groups is 1. The molecule has 0 aromatic heterocycles. The molecule has 0 spiro atoms. The molecular formula is C71H84F4O16S2. The van der Waals surface area contributed by atoms with Crippen LogP contribution in [-0.2, 0) is 59.2 Å². The third kappa shape index (κ3) is 20.4. The van der Waals surface area contributed by atoms with Gasteiger partial charge in [0.15, 0.2) is 38.5 Å². The van der Waals surface area contributed by atoms with Crippen molar-refractivity contribution in [1.82, 2.24) is 0 Å². The number of carbonyl (C=O) groups excluding carboxylic acids is 5. The highest BCUT2D eigenvalue weighted by Gasteiger charge is 2.65. The Bertz CT molecular complexity index is 3490. The molecule has 0 amide bonds. The standard InChI is InChI=1S/C18H15S.C16H24O3.C13H18O5.C12H12F4O5S.C12H16O3/c1-4-10-16(11-5-1)19(17-12-6-2-7-13-17)18-14-8-3-9-15-18;1-7-16(5,6)14(17)18-12-8-10-13(11-9-12)19-15(2,3)4;1-4-13(2,3)12(15)18-9-7-5-6-8(16-7)10(9)17-11(6)14;1-4-12(2,3)11(17)21-9-5(13)7(15)10(22(18,19)20)8(16)6(9)14;1-4-12(2,3)11(14)15-10-7-5-9(13)6-8-10/h1-15H;8-11H,7H2,1-6H3;6-10H,4-5H2,1-3H3;4H2,1-3H3,(H,18,19,20);5-8,13H,4H2,1-3H3/q+1;;;;/p-1. The monoisotopic (exact) mass is 1330 g/mol. The van der Waals surface area contributed by atoms with Gasteiger partial charge in [0, 0.05) is 0 Å². The number of carbonyl (C=O) groups is 5. The van der Waals surface area contributed by atoms with Crippen molar-refractivity contribution in [3.8, 4) is 28.7 Å². The van der Waals surface area contributed by atoms with E-state index in [4.69, 9.17) is 33.5 Å². The quantitative estimate of drug-likeness (QED) is 0.0224. The second kappa shape index (κ2) is 31.9. The van der Waals surface area contributed by atoms with Gasteiger partial charge in [0.05, 0.1) is 44.6 Å². The number of ether oxygens (including phenoxy) is 7. The van der Waals surface area contributed by atoms with Crippen LogP contribution in [-0.4, -0.2) is 77.9 Å². The van der Waals surface area contributed by atoms with Crippen molar-refractivity contribution in [1.29, 1.82) is 0 Å². The summed E-state index contributed by atoms with van der Waals surface area (Å²) in [5, 5.41) is 9.06. The van der Waals surface area contributed by atoms with Gasteiger partial charge in [-0.2, -0.15) is 8.78 Å². The number of phenols is 1. The van der Waals surface area contributed by atoms with Crippen LogP contribution in [0.4, 0.5) is 17.6 Å². The number of benzene rings is 6. The highest BCUT2D eigenvalue weighted by molar-refractivity contribution is 7.97. The van der Waals surface area contributed by atoms with E-state index in [2.05, 4.69) is 95.7 Å². The molecular weight excluding hydrogens is 1250 g/mol. The number of fused-ring (bicyclic) bond motifs is 1. The fourth-order valence-electron chi connectivity index (χ4n) is 8.39. The summed E-state index contributed by atoms with van der Waals surface area (Å²) in [5.41, 5.74) is -2.89. The largest absolute Gasteiger partial charge is 0.744 e. The minimum Gasteiger partial charge on any atom is -0.744 e. The Labute approximate surface area is 545 Å². The van der Waals surface area contributed by atoms with E-state index in [-0.39, 0.29) is 70.7 Å². The first-order chi connectivity index (χ1) is 43.3. The average Bonchev–Trinajstić information content (AvgIpc) is 1.59. The molecule has 6 aromatic carbocycles. The Morgan fingerprint density at radius 3 is 1.25 bits per heavy atom. The van der Waals surface area contributed by atoms with E-state index in [9.17, 15) is 54.5 Å². The second-order valence-corrected chi connectivity index (χ2v) is 29.0. The summed E-state index contributed by atoms with van der Waals surface area (Å²) in [5.74, 6) is -11.5. The van der Waals surface area contributed by atoms with E-state index in [0.717, 1.165) is 18.6 Å². The van der Waals surface area contributed by atoms with Crippen LogP contribution in [0.5, 0.6) is 28.7 Å². The van der Waals surface area contributed by atoms with E-state index in [1.807, 2.05) is 95.2 Å². The summed E-state index contributed by atoms with van der Waals surface area (Å²) in [6.45, 7) is 27.3. The maximum atomic E-state index is 13.6. The molecule has 0 radical (unpaired) electrons. The predicted octanol–water partition coefficient (Wildman–Crippen LogP) is 15.3. The lowest BCUT2D eigenvalue weighted by Crippen LogP contribution is -2.42. The first kappa shape index (κ1) is 75.9. The lowest BCUT2D eigenvalue weighted by atomic mass is 9.87. The zero-order valence-corrected chi connectivity index (χ0v) is 56.7. The molecule has 3 saturated heterocycles. The van der Waals surface area contributed by atoms with Crippen LogP contribution in [0.3, 0.4) is 0 Å². The van der Waals surface area contributed by atoms with E-state index in [1.165, 1.54) is 40.7 Å². The van der Waals surface area contributed by atoms with Crippen LogP contribution < -0.4 is 18.9 Å². The van der Waals surface area contributed by atoms with Gasteiger partial charge in [-0.3, -0.25) is 24.0 Å². The Hall–Kier alpha value is -7.79. The first-order valence-corrected chi connectivity index (χ1v) is 33.0. The van der Waals surface area contributed by atoms with Crippen molar-refractivity contribution in [2.24, 2.45) is 27.6 Å². The van der Waals surface area contributed by atoms with E-state index in [1.54, 1.807) is 31.2 Å². The smallest absolute Gasteiger partial charge is 0.317 e. The van der Waals surface area contributed by atoms with Gasteiger partial charge in [-0.25, -0.2) is 17.2 Å². The molecule has 16 nitrogen and oxygen atoms in total. The molecule has 2 bridgehead atoms. The van der Waals surface area contributed by atoms with Crippen LogP contribution in [0.15, 0.2) is 159 Å². The maximum Gasteiger partial charge on any atom is 0.317 e. The van der Waals surface area contributed by atoms with Crippen molar-refractivity contribution >= 4 is 50.9 Å². The van der Waals surface area contributed by atoms with Gasteiger partial charge in [0.1, 0.15) is 49.7 Å². The van der Waals surface area contributed by atoms with Gasteiger partial charge < -0.3 is 42.8 Å². The molecule has 1 N–H and O–H groups in total. The van der Waals surface area contributed by atoms with Gasteiger partial charge in [0.25, 0.3) is 0 Å². The highest BCUT2D eigenvalue weighted by atomic mass is 32.2. The second-order valence-electron chi connectivity index (χ2n) is 25.7. The molecule has 6 aromatic rings. The van der Waals surface area contributed by atoms with E-state index < -0.39 is 83.9 Å². The van der Waals surface area contributed by atoms with Crippen LogP contribution in [0.1, 0.15) is 136 Å². The summed E-state index contributed by atoms with van der Waals surface area (Å²) < 4.78 is 123. The normalized spacial score (nSPS) is 17.3. The molecule has 0 aliphatic carbocycles. The van der Waals surface area contributed by atoms with Gasteiger partial charge >= 0.3 is 29.8 Å². The molecule has 5 atom stereocenters. The summed E-state index contributed by atoms with van der Waals surface area (Å²) >= 11 is 0. The lowest BCUT2D eigenvalue weighted by molar-refractivity contribution is -0.169. The van der Waals surface area contributed by atoms with E-state index >= 15 is 0 Å². The van der Waals surface area contributed by atoms with Gasteiger partial charge in [-0.15, -0.1) is 0 Å². The van der Waals surface area contributed by atoms with Gasteiger partial charge in [0.2, 0.25) is 17.4 Å². The van der Waals surface area contributed by atoms with Gasteiger partial charge in [-0.1, -0.05) is 82.3 Å². The first-order valence-electron chi connectivity index (χ1n) is 30.4. The summed E-state index contributed by atoms with van der Waals surface area (Å²) in [4.78, 5) is 60.7. The fraction of sp³-hybridized carbons (Fsp3) is 0.423. The molecule has 9 rings (SSSR count). The molecule has 0 saturated carbocycles. The average molecular weight is 1330 g/mol. The number of phenolic OH excluding ortho intramolecular Hbond substituents is 1. The van der Waals surface area contributed by atoms with Crippen LogP contribution >= 0.6 is 0 Å². The molecule has 504 valence electrons. The van der Waals surface area contributed by atoms with Crippen LogP contribution in [0.2, 0.25) is 0 Å². The number of rotatable bonds is 17. The zero-order chi connectivity index (χ0) is 69.6. The highest BCUT2D eigenvalue weighted by Crippen LogP contribution is 2.48. The number of halogens is 4. The van der Waals surface area contributed by atoms with Gasteiger partial charge in [-0.05, 0) is 193 Å². The molecule has 3 aliphatic heterocycles. The third-order valence-corrected chi connectivity index (χ3v) is 18.9. The molecule has 22 heteroatoms. The third-order valence-electron chi connectivity index (χ3n) is 15.8.